The number of carbonyl (C=O) groups excluding carboxylic acids is 1. The Morgan fingerprint density at radius 2 is 2.00 bits per heavy atom. The molecule has 1 atom stereocenters. The van der Waals surface area contributed by atoms with Crippen molar-refractivity contribution in [3.8, 4) is 0 Å². The topological polar surface area (TPSA) is 60.9 Å². The molecule has 2 rings (SSSR count). The van der Waals surface area contributed by atoms with Gasteiger partial charge in [-0.15, -0.1) is 0 Å². The van der Waals surface area contributed by atoms with Crippen LogP contribution in [0.3, 0.4) is 0 Å². The summed E-state index contributed by atoms with van der Waals surface area (Å²) in [6, 6.07) is 6.71. The Balaban J connectivity index is 2.26. The first-order chi connectivity index (χ1) is 9.54. The first kappa shape index (κ1) is 14.4. The van der Waals surface area contributed by atoms with E-state index in [4.69, 9.17) is 0 Å². The minimum absolute atomic E-state index is 0.214. The maximum atomic E-state index is 12.4. The van der Waals surface area contributed by atoms with Crippen LogP contribution in [-0.4, -0.2) is 46.5 Å². The van der Waals surface area contributed by atoms with Crippen LogP contribution in [0.15, 0.2) is 24.3 Å². The van der Waals surface area contributed by atoms with Crippen molar-refractivity contribution in [2.75, 3.05) is 13.6 Å². The van der Waals surface area contributed by atoms with Crippen molar-refractivity contribution in [2.24, 2.45) is 0 Å². The lowest BCUT2D eigenvalue weighted by Gasteiger charge is -2.36. The molecule has 1 aromatic rings. The zero-order valence-corrected chi connectivity index (χ0v) is 11.9. The smallest absolute Gasteiger partial charge is 0.326 e. The molecule has 2 amide bonds. The highest BCUT2D eigenvalue weighted by molar-refractivity contribution is 5.83. The largest absolute Gasteiger partial charge is 0.480 e. The molecule has 0 radical (unpaired) electrons. The molecule has 5 heteroatoms. The van der Waals surface area contributed by atoms with E-state index in [2.05, 4.69) is 0 Å². The third-order valence-electron chi connectivity index (χ3n) is 3.66. The fraction of sp³-hybridized carbons (Fsp3) is 0.467. The number of fused-ring (bicyclic) bond motifs is 1. The van der Waals surface area contributed by atoms with E-state index in [9.17, 15) is 14.7 Å². The summed E-state index contributed by atoms with van der Waals surface area (Å²) in [4.78, 5) is 26.9. The van der Waals surface area contributed by atoms with Crippen LogP contribution in [0.25, 0.3) is 0 Å². The van der Waals surface area contributed by atoms with Crippen LogP contribution in [0.2, 0.25) is 0 Å². The molecule has 0 saturated carbocycles. The van der Waals surface area contributed by atoms with Crippen LogP contribution in [-0.2, 0) is 17.8 Å². The molecule has 1 N–H and O–H groups in total. The van der Waals surface area contributed by atoms with E-state index < -0.39 is 12.0 Å². The van der Waals surface area contributed by atoms with Crippen LogP contribution < -0.4 is 0 Å². The SMILES string of the molecule is CCCN(C)C(=O)N1Cc2ccccc2C[C@@H]1C(=O)O. The van der Waals surface area contributed by atoms with E-state index in [-0.39, 0.29) is 6.03 Å². The molecular formula is C15H20N2O3. The van der Waals surface area contributed by atoms with Gasteiger partial charge in [-0.2, -0.15) is 0 Å². The summed E-state index contributed by atoms with van der Waals surface area (Å²) in [6.45, 7) is 2.98. The van der Waals surface area contributed by atoms with Crippen molar-refractivity contribution in [1.82, 2.24) is 9.80 Å². The monoisotopic (exact) mass is 276 g/mol. The maximum Gasteiger partial charge on any atom is 0.326 e. The average Bonchev–Trinajstić information content (AvgIpc) is 2.45. The number of hydrogen-bond acceptors (Lipinski definition) is 2. The molecule has 1 aliphatic rings. The lowest BCUT2D eigenvalue weighted by molar-refractivity contribution is -0.142. The van der Waals surface area contributed by atoms with Gasteiger partial charge in [0.25, 0.3) is 0 Å². The third-order valence-corrected chi connectivity index (χ3v) is 3.66. The third kappa shape index (κ3) is 2.76. The van der Waals surface area contributed by atoms with Crippen molar-refractivity contribution in [3.63, 3.8) is 0 Å². The summed E-state index contributed by atoms with van der Waals surface area (Å²) in [5.41, 5.74) is 2.05. The lowest BCUT2D eigenvalue weighted by atomic mass is 9.94. The molecule has 20 heavy (non-hydrogen) atoms. The van der Waals surface area contributed by atoms with Crippen molar-refractivity contribution >= 4 is 12.0 Å². The van der Waals surface area contributed by atoms with Gasteiger partial charge in [-0.05, 0) is 17.5 Å². The molecule has 0 aliphatic carbocycles. The van der Waals surface area contributed by atoms with Crippen molar-refractivity contribution in [1.29, 1.82) is 0 Å². The number of nitrogens with zero attached hydrogens (tertiary/aromatic N) is 2. The highest BCUT2D eigenvalue weighted by Gasteiger charge is 2.35. The van der Waals surface area contributed by atoms with Gasteiger partial charge in [0.15, 0.2) is 0 Å². The van der Waals surface area contributed by atoms with Gasteiger partial charge >= 0.3 is 12.0 Å². The Kier molecular flexibility index (Phi) is 4.27. The van der Waals surface area contributed by atoms with Crippen LogP contribution in [0.4, 0.5) is 4.79 Å². The van der Waals surface area contributed by atoms with Gasteiger partial charge in [-0.1, -0.05) is 31.2 Å². The standard InChI is InChI=1S/C15H20N2O3/c1-3-8-16(2)15(20)17-10-12-7-5-4-6-11(12)9-13(17)14(18)19/h4-7,13H,3,8-10H2,1-2H3,(H,18,19)/t13-/m1/s1. The molecule has 1 aliphatic heterocycles. The number of carboxylic acid groups (broad SMARTS) is 1. The van der Waals surface area contributed by atoms with Crippen LogP contribution in [0, 0.1) is 0 Å². The number of carbonyl (C=O) groups is 2. The van der Waals surface area contributed by atoms with Crippen molar-refractivity contribution < 1.29 is 14.7 Å². The van der Waals surface area contributed by atoms with Gasteiger partial charge in [-0.3, -0.25) is 0 Å². The van der Waals surface area contributed by atoms with Gasteiger partial charge in [0.1, 0.15) is 6.04 Å². The summed E-state index contributed by atoms with van der Waals surface area (Å²) < 4.78 is 0. The van der Waals surface area contributed by atoms with E-state index >= 15 is 0 Å². The summed E-state index contributed by atoms with van der Waals surface area (Å²) in [5.74, 6) is -0.947. The maximum absolute atomic E-state index is 12.4. The Morgan fingerprint density at radius 1 is 1.35 bits per heavy atom. The van der Waals surface area contributed by atoms with E-state index in [1.807, 2.05) is 31.2 Å². The quantitative estimate of drug-likeness (QED) is 0.918. The lowest BCUT2D eigenvalue weighted by Crippen LogP contribution is -2.52. The van der Waals surface area contributed by atoms with Crippen molar-refractivity contribution in [3.05, 3.63) is 35.4 Å². The predicted octanol–water partition coefficient (Wildman–Crippen LogP) is 1.96. The summed E-state index contributed by atoms with van der Waals surface area (Å²) in [6.07, 6.45) is 1.22. The van der Waals surface area contributed by atoms with Gasteiger partial charge in [-0.25, -0.2) is 9.59 Å². The zero-order valence-electron chi connectivity index (χ0n) is 11.9. The van der Waals surface area contributed by atoms with E-state index in [1.165, 1.54) is 4.90 Å². The van der Waals surface area contributed by atoms with Gasteiger partial charge in [0, 0.05) is 26.6 Å². The number of urea groups is 1. The fourth-order valence-electron chi connectivity index (χ4n) is 2.59. The predicted molar refractivity (Wildman–Crippen MR) is 75.4 cm³/mol. The summed E-state index contributed by atoms with van der Waals surface area (Å²) in [7, 11) is 1.71. The number of benzene rings is 1. The fourth-order valence-corrected chi connectivity index (χ4v) is 2.59. The Hall–Kier alpha value is -2.04. The molecule has 1 heterocycles. The number of hydrogen-bond donors (Lipinski definition) is 1. The second-order valence-corrected chi connectivity index (χ2v) is 5.16. The van der Waals surface area contributed by atoms with Gasteiger partial charge < -0.3 is 14.9 Å². The second-order valence-electron chi connectivity index (χ2n) is 5.16. The zero-order chi connectivity index (χ0) is 14.7. The molecule has 108 valence electrons. The van der Waals surface area contributed by atoms with Gasteiger partial charge in [0.2, 0.25) is 0 Å². The Bertz CT molecular complexity index is 516. The van der Waals surface area contributed by atoms with E-state index in [0.717, 1.165) is 17.5 Å². The minimum atomic E-state index is -0.947. The Labute approximate surface area is 118 Å². The van der Waals surface area contributed by atoms with Crippen LogP contribution >= 0.6 is 0 Å². The molecule has 0 aromatic heterocycles. The molecule has 0 saturated heterocycles. The molecule has 0 unspecified atom stereocenters. The molecule has 0 spiro atoms. The van der Waals surface area contributed by atoms with Crippen LogP contribution in [0.1, 0.15) is 24.5 Å². The summed E-state index contributed by atoms with van der Waals surface area (Å²) in [5, 5.41) is 9.38. The highest BCUT2D eigenvalue weighted by Crippen LogP contribution is 2.24. The number of rotatable bonds is 3. The molecular weight excluding hydrogens is 256 g/mol. The minimum Gasteiger partial charge on any atom is -0.480 e. The van der Waals surface area contributed by atoms with E-state index in [0.29, 0.717) is 19.5 Å². The molecule has 5 nitrogen and oxygen atoms in total. The van der Waals surface area contributed by atoms with Crippen molar-refractivity contribution in [2.45, 2.75) is 32.4 Å². The first-order valence-electron chi connectivity index (χ1n) is 6.86. The Morgan fingerprint density at radius 3 is 2.60 bits per heavy atom. The highest BCUT2D eigenvalue weighted by atomic mass is 16.4. The molecule has 0 fully saturated rings. The van der Waals surface area contributed by atoms with E-state index in [1.54, 1.807) is 11.9 Å². The normalized spacial score (nSPS) is 17.5. The average molecular weight is 276 g/mol. The number of carboxylic acids is 1. The number of aliphatic carboxylic acids is 1. The first-order valence-corrected chi connectivity index (χ1v) is 6.86. The molecule has 0 bridgehead atoms. The summed E-state index contributed by atoms with van der Waals surface area (Å²) >= 11 is 0. The van der Waals surface area contributed by atoms with Crippen LogP contribution in [0.5, 0.6) is 0 Å². The molecule has 1 aromatic carbocycles. The second kappa shape index (κ2) is 5.94. The van der Waals surface area contributed by atoms with Gasteiger partial charge in [0.05, 0.1) is 0 Å². The number of amides is 2.